The summed E-state index contributed by atoms with van der Waals surface area (Å²) in [6.07, 6.45) is 2.45. The quantitative estimate of drug-likeness (QED) is 0.745. The Bertz CT molecular complexity index is 830. The Hall–Kier alpha value is -2.47. The molecule has 5 nitrogen and oxygen atoms in total. The summed E-state index contributed by atoms with van der Waals surface area (Å²) in [7, 11) is 0. The molecule has 1 N–H and O–H groups in total. The van der Waals surface area contributed by atoms with E-state index in [1.165, 1.54) is 23.2 Å². The lowest BCUT2D eigenvalue weighted by atomic mass is 10.1. The van der Waals surface area contributed by atoms with E-state index in [0.717, 1.165) is 22.2 Å². The molecule has 124 valence electrons. The predicted octanol–water partition coefficient (Wildman–Crippen LogP) is 3.51. The Kier molecular flexibility index (Phi) is 5.05. The van der Waals surface area contributed by atoms with Crippen LogP contribution in [0.2, 0.25) is 0 Å². The highest BCUT2D eigenvalue weighted by molar-refractivity contribution is 7.16. The van der Waals surface area contributed by atoms with E-state index >= 15 is 0 Å². The van der Waals surface area contributed by atoms with Crippen LogP contribution >= 0.6 is 11.3 Å². The summed E-state index contributed by atoms with van der Waals surface area (Å²) in [6.45, 7) is 4.01. The molecule has 1 aromatic carbocycles. The second-order valence-electron chi connectivity index (χ2n) is 5.49. The van der Waals surface area contributed by atoms with E-state index in [0.29, 0.717) is 5.88 Å². The van der Waals surface area contributed by atoms with Gasteiger partial charge >= 0.3 is 0 Å². The van der Waals surface area contributed by atoms with Crippen LogP contribution in [0.4, 0.5) is 0 Å². The van der Waals surface area contributed by atoms with Gasteiger partial charge in [0.2, 0.25) is 5.88 Å². The largest absolute Gasteiger partial charge is 0.467 e. The van der Waals surface area contributed by atoms with Crippen LogP contribution in [0.15, 0.2) is 42.0 Å². The lowest BCUT2D eigenvalue weighted by Crippen LogP contribution is -2.31. The molecule has 3 rings (SSSR count). The average Bonchev–Trinajstić information content (AvgIpc) is 3.09. The maximum Gasteiger partial charge on any atom is 0.258 e. The third kappa shape index (κ3) is 3.71. The van der Waals surface area contributed by atoms with Gasteiger partial charge in [-0.2, -0.15) is 0 Å². The molecule has 24 heavy (non-hydrogen) atoms. The molecule has 2 aromatic heterocycles. The van der Waals surface area contributed by atoms with E-state index in [4.69, 9.17) is 4.74 Å². The van der Waals surface area contributed by atoms with Crippen molar-refractivity contribution in [2.45, 2.75) is 26.3 Å². The van der Waals surface area contributed by atoms with E-state index in [-0.39, 0.29) is 18.6 Å². The number of hydrogen-bond acceptors (Lipinski definition) is 5. The number of nitrogens with one attached hydrogen (secondary N) is 1. The fourth-order valence-corrected chi connectivity index (χ4v) is 3.15. The van der Waals surface area contributed by atoms with Crippen molar-refractivity contribution in [1.82, 2.24) is 15.3 Å². The fourth-order valence-electron chi connectivity index (χ4n) is 2.42. The number of fused-ring (bicyclic) bond motifs is 1. The number of hydrogen-bond donors (Lipinski definition) is 1. The first-order valence-corrected chi connectivity index (χ1v) is 8.74. The minimum absolute atomic E-state index is 0.0701. The van der Waals surface area contributed by atoms with Crippen LogP contribution in [-0.4, -0.2) is 22.5 Å². The van der Waals surface area contributed by atoms with Gasteiger partial charge in [0.25, 0.3) is 5.91 Å². The molecule has 3 aromatic rings. The topological polar surface area (TPSA) is 64.1 Å². The van der Waals surface area contributed by atoms with E-state index in [9.17, 15) is 4.79 Å². The molecule has 6 heteroatoms. The van der Waals surface area contributed by atoms with Crippen molar-refractivity contribution < 1.29 is 9.53 Å². The van der Waals surface area contributed by atoms with Crippen molar-refractivity contribution in [3.63, 3.8) is 0 Å². The smallest absolute Gasteiger partial charge is 0.258 e. The monoisotopic (exact) mass is 341 g/mol. The number of rotatable bonds is 6. The normalized spacial score (nSPS) is 12.1. The molecule has 0 saturated heterocycles. The second kappa shape index (κ2) is 7.40. The van der Waals surface area contributed by atoms with Crippen LogP contribution < -0.4 is 10.1 Å². The van der Waals surface area contributed by atoms with Crippen LogP contribution in [0.5, 0.6) is 5.88 Å². The van der Waals surface area contributed by atoms with Gasteiger partial charge in [-0.1, -0.05) is 31.2 Å². The van der Waals surface area contributed by atoms with Gasteiger partial charge in [0.05, 0.1) is 11.4 Å². The fraction of sp³-hybridized carbons (Fsp3) is 0.278. The highest BCUT2D eigenvalue weighted by atomic mass is 32.1. The lowest BCUT2D eigenvalue weighted by molar-refractivity contribution is -0.123. The molecular weight excluding hydrogens is 322 g/mol. The zero-order valence-electron chi connectivity index (χ0n) is 13.7. The van der Waals surface area contributed by atoms with Gasteiger partial charge in [-0.05, 0) is 35.9 Å². The summed E-state index contributed by atoms with van der Waals surface area (Å²) in [5, 5.41) is 5.70. The van der Waals surface area contributed by atoms with Gasteiger partial charge in [-0.25, -0.2) is 9.97 Å². The molecule has 0 aliphatic carbocycles. The lowest BCUT2D eigenvalue weighted by Gasteiger charge is -2.15. The van der Waals surface area contributed by atoms with Gasteiger partial charge in [0.1, 0.15) is 11.2 Å². The van der Waals surface area contributed by atoms with Crippen molar-refractivity contribution in [1.29, 1.82) is 0 Å². The van der Waals surface area contributed by atoms with Crippen molar-refractivity contribution in [2.24, 2.45) is 0 Å². The highest BCUT2D eigenvalue weighted by Gasteiger charge is 2.12. The van der Waals surface area contributed by atoms with Crippen LogP contribution in [0, 0.1) is 0 Å². The molecule has 0 bridgehead atoms. The van der Waals surface area contributed by atoms with Gasteiger partial charge in [-0.3, -0.25) is 4.79 Å². The van der Waals surface area contributed by atoms with Crippen LogP contribution in [0.1, 0.15) is 31.0 Å². The number of amides is 1. The predicted molar refractivity (Wildman–Crippen MR) is 95.3 cm³/mol. The van der Waals surface area contributed by atoms with Crippen LogP contribution in [0.25, 0.3) is 10.2 Å². The maximum absolute atomic E-state index is 12.1. The standard InChI is InChI=1S/C18H19N3O2S/c1-3-13-4-6-14(7-5-13)12(2)21-16(22)10-23-17-15-8-9-24-18(15)20-11-19-17/h4-9,11-12H,3,10H2,1-2H3,(H,21,22). The maximum atomic E-state index is 12.1. The first-order valence-electron chi connectivity index (χ1n) is 7.86. The summed E-state index contributed by atoms with van der Waals surface area (Å²) in [5.74, 6) is 0.264. The second-order valence-corrected chi connectivity index (χ2v) is 6.39. The van der Waals surface area contributed by atoms with Crippen molar-refractivity contribution in [3.8, 4) is 5.88 Å². The molecule has 0 radical (unpaired) electrons. The number of aryl methyl sites for hydroxylation is 1. The van der Waals surface area contributed by atoms with Gasteiger partial charge < -0.3 is 10.1 Å². The van der Waals surface area contributed by atoms with Crippen molar-refractivity contribution in [3.05, 3.63) is 53.2 Å². The van der Waals surface area contributed by atoms with Crippen molar-refractivity contribution >= 4 is 27.5 Å². The Morgan fingerprint density at radius 1 is 1.25 bits per heavy atom. The zero-order valence-corrected chi connectivity index (χ0v) is 14.5. The number of aromatic nitrogens is 2. The van der Waals surface area contributed by atoms with Crippen LogP contribution in [-0.2, 0) is 11.2 Å². The molecule has 1 unspecified atom stereocenters. The van der Waals surface area contributed by atoms with Gasteiger partial charge in [0, 0.05) is 0 Å². The first-order chi connectivity index (χ1) is 11.7. The van der Waals surface area contributed by atoms with Gasteiger partial charge in [0.15, 0.2) is 6.61 Å². The Labute approximate surface area is 144 Å². The number of carbonyl (C=O) groups excluding carboxylic acids is 1. The number of thiophene rings is 1. The number of benzene rings is 1. The average molecular weight is 341 g/mol. The van der Waals surface area contributed by atoms with E-state index in [2.05, 4.69) is 34.3 Å². The minimum atomic E-state index is -0.177. The number of carbonyl (C=O) groups is 1. The molecular formula is C18H19N3O2S. The summed E-state index contributed by atoms with van der Waals surface area (Å²) >= 11 is 1.51. The highest BCUT2D eigenvalue weighted by Crippen LogP contribution is 2.25. The van der Waals surface area contributed by atoms with Crippen molar-refractivity contribution in [2.75, 3.05) is 6.61 Å². The van der Waals surface area contributed by atoms with Crippen LogP contribution in [0.3, 0.4) is 0 Å². The SMILES string of the molecule is CCc1ccc(C(C)NC(=O)COc2ncnc3sccc23)cc1. The first kappa shape index (κ1) is 16.4. The van der Waals surface area contributed by atoms with E-state index in [1.807, 2.05) is 30.5 Å². The summed E-state index contributed by atoms with van der Waals surface area (Å²) in [6, 6.07) is 10.1. The molecule has 1 atom stereocenters. The molecule has 0 spiro atoms. The molecule has 0 aliphatic heterocycles. The molecule has 0 aliphatic rings. The third-order valence-corrected chi connectivity index (χ3v) is 4.65. The summed E-state index contributed by atoms with van der Waals surface area (Å²) in [4.78, 5) is 21.2. The summed E-state index contributed by atoms with van der Waals surface area (Å²) < 4.78 is 5.56. The Morgan fingerprint density at radius 2 is 2.04 bits per heavy atom. The van der Waals surface area contributed by atoms with E-state index < -0.39 is 0 Å². The summed E-state index contributed by atoms with van der Waals surface area (Å²) in [5.41, 5.74) is 2.35. The third-order valence-electron chi connectivity index (χ3n) is 3.83. The minimum Gasteiger partial charge on any atom is -0.467 e. The molecule has 0 fully saturated rings. The number of nitrogens with zero attached hydrogens (tertiary/aromatic N) is 2. The van der Waals surface area contributed by atoms with E-state index in [1.54, 1.807) is 0 Å². The Morgan fingerprint density at radius 3 is 2.79 bits per heavy atom. The van der Waals surface area contributed by atoms with Gasteiger partial charge in [-0.15, -0.1) is 11.3 Å². The zero-order chi connectivity index (χ0) is 16.9. The molecule has 2 heterocycles. The Balaban J connectivity index is 1.58. The molecule has 1 amide bonds. The molecule has 0 saturated carbocycles. The number of ether oxygens (including phenoxy) is 1.